The second kappa shape index (κ2) is 7.55. The Bertz CT molecular complexity index is 1510. The van der Waals surface area contributed by atoms with Crippen LogP contribution in [0.15, 0.2) is 59.1 Å². The monoisotopic (exact) mass is 434 g/mol. The first kappa shape index (κ1) is 21.4. The summed E-state index contributed by atoms with van der Waals surface area (Å²) in [6.45, 7) is 15.2. The van der Waals surface area contributed by atoms with E-state index in [0.29, 0.717) is 5.71 Å². The minimum Gasteiger partial charge on any atom is -0.437 e. The van der Waals surface area contributed by atoms with E-state index in [2.05, 4.69) is 102 Å². The molecule has 3 heterocycles. The second-order valence-electron chi connectivity index (χ2n) is 10.2. The van der Waals surface area contributed by atoms with Crippen molar-refractivity contribution in [3.8, 4) is 22.5 Å². The third-order valence-corrected chi connectivity index (χ3v) is 6.50. The van der Waals surface area contributed by atoms with Gasteiger partial charge in [-0.15, -0.1) is 0 Å². The van der Waals surface area contributed by atoms with E-state index >= 15 is 0 Å². The first-order valence-electron chi connectivity index (χ1n) is 11.5. The lowest BCUT2D eigenvalue weighted by atomic mass is 9.87. The molecule has 3 nitrogen and oxygen atoms in total. The number of benzene rings is 2. The minimum absolute atomic E-state index is 0.0519. The summed E-state index contributed by atoms with van der Waals surface area (Å²) in [5.74, 6) is 0. The minimum atomic E-state index is 0.0519. The van der Waals surface area contributed by atoms with E-state index in [-0.39, 0.29) is 5.41 Å². The molecular formula is C30H30N2O. The molecule has 5 aromatic rings. The molecule has 166 valence electrons. The van der Waals surface area contributed by atoms with Gasteiger partial charge in [-0.3, -0.25) is 4.98 Å². The van der Waals surface area contributed by atoms with Crippen molar-refractivity contribution in [2.45, 2.75) is 53.9 Å². The number of rotatable bonds is 2. The molecule has 0 unspecified atom stereocenters. The number of para-hydroxylation sites is 1. The Balaban J connectivity index is 1.75. The average molecular weight is 435 g/mol. The lowest BCUT2D eigenvalue weighted by molar-refractivity contribution is 0.589. The van der Waals surface area contributed by atoms with Gasteiger partial charge in [0, 0.05) is 22.7 Å². The quantitative estimate of drug-likeness (QED) is 0.281. The summed E-state index contributed by atoms with van der Waals surface area (Å²) in [5, 5.41) is 2.16. The van der Waals surface area contributed by atoms with Crippen molar-refractivity contribution in [1.82, 2.24) is 9.97 Å². The zero-order chi connectivity index (χ0) is 23.5. The Morgan fingerprint density at radius 2 is 1.52 bits per heavy atom. The van der Waals surface area contributed by atoms with Crippen LogP contribution < -0.4 is 0 Å². The molecule has 0 spiro atoms. The third-order valence-electron chi connectivity index (χ3n) is 6.50. The van der Waals surface area contributed by atoms with E-state index in [1.165, 1.54) is 33.4 Å². The molecule has 0 saturated carbocycles. The molecule has 0 amide bonds. The Morgan fingerprint density at radius 1 is 0.788 bits per heavy atom. The number of hydrogen-bond acceptors (Lipinski definition) is 3. The van der Waals surface area contributed by atoms with Crippen molar-refractivity contribution in [2.24, 2.45) is 0 Å². The van der Waals surface area contributed by atoms with E-state index < -0.39 is 0 Å². The van der Waals surface area contributed by atoms with Crippen LogP contribution in [-0.2, 0) is 5.41 Å². The van der Waals surface area contributed by atoms with Gasteiger partial charge in [0.2, 0.25) is 5.71 Å². The summed E-state index contributed by atoms with van der Waals surface area (Å²) in [6, 6.07) is 17.2. The summed E-state index contributed by atoms with van der Waals surface area (Å²) < 4.78 is 6.46. The Labute approximate surface area is 195 Å². The van der Waals surface area contributed by atoms with Crippen LogP contribution in [0.2, 0.25) is 0 Å². The molecule has 0 aliphatic rings. The van der Waals surface area contributed by atoms with Crippen molar-refractivity contribution < 1.29 is 4.42 Å². The highest BCUT2D eigenvalue weighted by molar-refractivity contribution is 6.10. The molecule has 0 aliphatic heterocycles. The molecule has 0 saturated heterocycles. The summed E-state index contributed by atoms with van der Waals surface area (Å²) in [7, 11) is 0. The highest BCUT2D eigenvalue weighted by Gasteiger charge is 2.20. The van der Waals surface area contributed by atoms with Crippen LogP contribution in [0.3, 0.4) is 0 Å². The molecule has 33 heavy (non-hydrogen) atoms. The molecule has 0 radical (unpaired) electrons. The molecule has 0 bridgehead atoms. The van der Waals surface area contributed by atoms with Crippen molar-refractivity contribution in [1.29, 1.82) is 0 Å². The highest BCUT2D eigenvalue weighted by atomic mass is 16.3. The fraction of sp³-hybridized carbons (Fsp3) is 0.267. The lowest BCUT2D eigenvalue weighted by Gasteiger charge is -2.19. The number of furan rings is 1. The zero-order valence-electron chi connectivity index (χ0n) is 20.5. The average Bonchev–Trinajstić information content (AvgIpc) is 3.11. The van der Waals surface area contributed by atoms with Gasteiger partial charge in [-0.25, -0.2) is 4.98 Å². The van der Waals surface area contributed by atoms with Gasteiger partial charge in [0.15, 0.2) is 0 Å². The molecule has 3 aromatic heterocycles. The molecule has 5 rings (SSSR count). The Kier molecular flexibility index (Phi) is 4.89. The molecule has 0 atom stereocenters. The van der Waals surface area contributed by atoms with Crippen molar-refractivity contribution in [3.05, 3.63) is 82.5 Å². The van der Waals surface area contributed by atoms with Crippen LogP contribution in [-0.4, -0.2) is 9.97 Å². The van der Waals surface area contributed by atoms with Gasteiger partial charge in [0.25, 0.3) is 0 Å². The molecule has 0 fully saturated rings. The zero-order valence-corrected chi connectivity index (χ0v) is 20.5. The second-order valence-corrected chi connectivity index (χ2v) is 10.2. The number of hydrogen-bond donors (Lipinski definition) is 0. The largest absolute Gasteiger partial charge is 0.437 e. The van der Waals surface area contributed by atoms with Crippen LogP contribution in [0.1, 0.15) is 48.6 Å². The standard InChI is InChI=1S/C30H30N2O/c1-17-13-18(2)26(19(3)14-17)25-15-20(4)27-23-10-8-9-22(28(23)33-29(27)32-25)24-16-21(11-12-31-24)30(5,6)7/h8-16H,1-7H3. The fourth-order valence-corrected chi connectivity index (χ4v) is 4.94. The Morgan fingerprint density at radius 3 is 2.21 bits per heavy atom. The van der Waals surface area contributed by atoms with Crippen molar-refractivity contribution in [3.63, 3.8) is 0 Å². The van der Waals surface area contributed by atoms with Gasteiger partial charge >= 0.3 is 0 Å². The maximum Gasteiger partial charge on any atom is 0.228 e. The number of pyridine rings is 2. The van der Waals surface area contributed by atoms with Gasteiger partial charge in [0.1, 0.15) is 5.58 Å². The van der Waals surface area contributed by atoms with Gasteiger partial charge in [-0.2, -0.15) is 0 Å². The number of aromatic nitrogens is 2. The first-order chi connectivity index (χ1) is 15.6. The van der Waals surface area contributed by atoms with Crippen LogP contribution in [0, 0.1) is 27.7 Å². The number of nitrogens with zero attached hydrogens (tertiary/aromatic N) is 2. The van der Waals surface area contributed by atoms with Crippen LogP contribution in [0.25, 0.3) is 44.6 Å². The molecule has 3 heteroatoms. The van der Waals surface area contributed by atoms with Crippen LogP contribution in [0.5, 0.6) is 0 Å². The van der Waals surface area contributed by atoms with Crippen LogP contribution in [0.4, 0.5) is 0 Å². The van der Waals surface area contributed by atoms with Gasteiger partial charge < -0.3 is 4.42 Å². The summed E-state index contributed by atoms with van der Waals surface area (Å²) in [4.78, 5) is 9.68. The van der Waals surface area contributed by atoms with E-state index in [1.54, 1.807) is 0 Å². The summed E-state index contributed by atoms with van der Waals surface area (Å²) in [5.41, 5.74) is 11.8. The summed E-state index contributed by atoms with van der Waals surface area (Å²) >= 11 is 0. The fourth-order valence-electron chi connectivity index (χ4n) is 4.94. The number of aryl methyl sites for hydroxylation is 4. The van der Waals surface area contributed by atoms with Crippen molar-refractivity contribution in [2.75, 3.05) is 0 Å². The predicted octanol–water partition coefficient (Wildman–Crippen LogP) is 8.24. The van der Waals surface area contributed by atoms with Crippen molar-refractivity contribution >= 4 is 22.1 Å². The lowest BCUT2D eigenvalue weighted by Crippen LogP contribution is -2.11. The Hall–Kier alpha value is -3.46. The van der Waals surface area contributed by atoms with E-state index in [9.17, 15) is 0 Å². The predicted molar refractivity (Wildman–Crippen MR) is 138 cm³/mol. The molecular weight excluding hydrogens is 404 g/mol. The smallest absolute Gasteiger partial charge is 0.228 e. The maximum atomic E-state index is 6.46. The van der Waals surface area contributed by atoms with Crippen LogP contribution >= 0.6 is 0 Å². The first-order valence-corrected chi connectivity index (χ1v) is 11.5. The SMILES string of the molecule is Cc1cc(C)c(-c2cc(C)c3c(n2)oc2c(-c4cc(C(C)(C)C)ccn4)cccc23)c(C)c1. The number of fused-ring (bicyclic) bond motifs is 3. The third kappa shape index (κ3) is 3.62. The van der Waals surface area contributed by atoms with E-state index in [0.717, 1.165) is 33.3 Å². The van der Waals surface area contributed by atoms with E-state index in [1.807, 2.05) is 6.20 Å². The molecule has 2 aromatic carbocycles. The molecule has 0 N–H and O–H groups in total. The van der Waals surface area contributed by atoms with Gasteiger partial charge in [-0.1, -0.05) is 50.6 Å². The van der Waals surface area contributed by atoms with Gasteiger partial charge in [0.05, 0.1) is 16.8 Å². The topological polar surface area (TPSA) is 38.9 Å². The summed E-state index contributed by atoms with van der Waals surface area (Å²) in [6.07, 6.45) is 1.89. The normalized spacial score (nSPS) is 12.1. The van der Waals surface area contributed by atoms with E-state index in [4.69, 9.17) is 9.40 Å². The molecule has 0 aliphatic carbocycles. The van der Waals surface area contributed by atoms with Gasteiger partial charge in [-0.05, 0) is 79.6 Å². The highest BCUT2D eigenvalue weighted by Crippen LogP contribution is 2.39. The maximum absolute atomic E-state index is 6.46.